The number of anilines is 1. The molecule has 1 aromatic carbocycles. The summed E-state index contributed by atoms with van der Waals surface area (Å²) >= 11 is 4.67. The van der Waals surface area contributed by atoms with Crippen LogP contribution >= 0.6 is 12.2 Å². The molecule has 0 heterocycles. The molecule has 0 fully saturated rings. The van der Waals surface area contributed by atoms with Crippen LogP contribution in [-0.2, 0) is 0 Å². The van der Waals surface area contributed by atoms with Crippen molar-refractivity contribution in [2.75, 3.05) is 18.0 Å². The van der Waals surface area contributed by atoms with Gasteiger partial charge in [-0.3, -0.25) is 0 Å². The minimum atomic E-state index is -2.17. The van der Waals surface area contributed by atoms with Gasteiger partial charge in [0, 0.05) is 19.5 Å². The van der Waals surface area contributed by atoms with E-state index in [9.17, 15) is 22.0 Å². The molecule has 0 spiro atoms. The Hall–Kier alpha value is -1.44. The maximum Gasteiger partial charge on any atom is 0.200 e. The van der Waals surface area contributed by atoms with Gasteiger partial charge in [-0.05, 0) is 5.92 Å². The number of hydrogen-bond donors (Lipinski definition) is 1. The second-order valence-corrected chi connectivity index (χ2v) is 5.50. The summed E-state index contributed by atoms with van der Waals surface area (Å²) in [5.74, 6) is -9.87. The molecule has 0 saturated heterocycles. The van der Waals surface area contributed by atoms with E-state index in [1.54, 1.807) is 13.8 Å². The third-order valence-electron chi connectivity index (χ3n) is 2.72. The molecule has 1 rings (SSSR count). The van der Waals surface area contributed by atoms with Gasteiger partial charge in [-0.25, -0.2) is 22.0 Å². The van der Waals surface area contributed by atoms with Gasteiger partial charge in [-0.15, -0.1) is 0 Å². The van der Waals surface area contributed by atoms with Crippen molar-refractivity contribution in [1.29, 1.82) is 0 Å². The average Bonchev–Trinajstić information content (AvgIpc) is 2.39. The molecule has 8 heteroatoms. The van der Waals surface area contributed by atoms with Gasteiger partial charge in [0.2, 0.25) is 5.82 Å². The molecule has 0 atom stereocenters. The third-order valence-corrected chi connectivity index (χ3v) is 2.92. The molecule has 21 heavy (non-hydrogen) atoms. The van der Waals surface area contributed by atoms with Crippen molar-refractivity contribution in [3.63, 3.8) is 0 Å². The van der Waals surface area contributed by atoms with E-state index < -0.39 is 34.8 Å². The lowest BCUT2D eigenvalue weighted by Crippen LogP contribution is -2.33. The molecular weight excluding hydrogens is 311 g/mol. The van der Waals surface area contributed by atoms with Crippen LogP contribution in [0.3, 0.4) is 0 Å². The zero-order chi connectivity index (χ0) is 16.3. The highest BCUT2D eigenvalue weighted by Gasteiger charge is 2.29. The van der Waals surface area contributed by atoms with Gasteiger partial charge in [-0.2, -0.15) is 0 Å². The summed E-state index contributed by atoms with van der Waals surface area (Å²) in [7, 11) is 0. The fourth-order valence-corrected chi connectivity index (χ4v) is 1.94. The molecule has 0 aliphatic heterocycles. The normalized spacial score (nSPS) is 11.0. The first-order valence-corrected chi connectivity index (χ1v) is 6.62. The number of thiocarbonyl (C=S) groups is 1. The molecule has 118 valence electrons. The second kappa shape index (κ2) is 7.02. The maximum absolute atomic E-state index is 13.8. The molecule has 0 aliphatic rings. The van der Waals surface area contributed by atoms with Crippen LogP contribution in [0.5, 0.6) is 0 Å². The average molecular weight is 326 g/mol. The molecule has 0 unspecified atom stereocenters. The molecule has 0 aliphatic carbocycles. The Kier molecular flexibility index (Phi) is 5.88. The van der Waals surface area contributed by atoms with E-state index in [0.29, 0.717) is 0 Å². The molecule has 0 saturated carbocycles. The van der Waals surface area contributed by atoms with E-state index in [1.165, 1.54) is 0 Å². The van der Waals surface area contributed by atoms with E-state index in [4.69, 9.17) is 5.73 Å². The van der Waals surface area contributed by atoms with Crippen molar-refractivity contribution in [2.45, 2.75) is 20.3 Å². The number of halogens is 5. The highest BCUT2D eigenvalue weighted by molar-refractivity contribution is 7.80. The highest BCUT2D eigenvalue weighted by atomic mass is 32.1. The predicted molar refractivity (Wildman–Crippen MR) is 74.7 cm³/mol. The standard InChI is InChI=1S/C13H15F5N2S/c1-6(2)5-20(4-3-7(19)21)13-11(17)9(15)8(14)10(16)12(13)18/h6H,3-5H2,1-2H3,(H2,19,21). The summed E-state index contributed by atoms with van der Waals surface area (Å²) in [5.41, 5.74) is 4.37. The van der Waals surface area contributed by atoms with Crippen molar-refractivity contribution in [3.8, 4) is 0 Å². The third kappa shape index (κ3) is 4.03. The lowest BCUT2D eigenvalue weighted by Gasteiger charge is -2.27. The number of hydrogen-bond acceptors (Lipinski definition) is 2. The van der Waals surface area contributed by atoms with E-state index in [1.807, 2.05) is 0 Å². The van der Waals surface area contributed by atoms with Crippen molar-refractivity contribution in [1.82, 2.24) is 0 Å². The fraction of sp³-hybridized carbons (Fsp3) is 0.462. The Morgan fingerprint density at radius 2 is 1.43 bits per heavy atom. The molecule has 1 aromatic rings. The maximum atomic E-state index is 13.8. The highest BCUT2D eigenvalue weighted by Crippen LogP contribution is 2.30. The SMILES string of the molecule is CC(C)CN(CCC(N)=S)c1c(F)c(F)c(F)c(F)c1F. The first kappa shape index (κ1) is 17.6. The van der Waals surface area contributed by atoms with E-state index in [-0.39, 0.29) is 30.4 Å². The Bertz CT molecular complexity index is 519. The number of rotatable bonds is 6. The summed E-state index contributed by atoms with van der Waals surface area (Å²) in [6.07, 6.45) is 0.0988. The van der Waals surface area contributed by atoms with E-state index >= 15 is 0 Å². The Labute approximate surface area is 124 Å². The van der Waals surface area contributed by atoms with Crippen LogP contribution in [0.2, 0.25) is 0 Å². The first-order valence-electron chi connectivity index (χ1n) is 6.21. The quantitative estimate of drug-likeness (QED) is 0.375. The fourth-order valence-electron chi connectivity index (χ4n) is 1.85. The van der Waals surface area contributed by atoms with Gasteiger partial charge < -0.3 is 10.6 Å². The van der Waals surface area contributed by atoms with Crippen LogP contribution in [0.1, 0.15) is 20.3 Å². The van der Waals surface area contributed by atoms with Crippen molar-refractivity contribution in [3.05, 3.63) is 29.1 Å². The lowest BCUT2D eigenvalue weighted by atomic mass is 10.1. The van der Waals surface area contributed by atoms with Crippen LogP contribution in [0.4, 0.5) is 27.6 Å². The Morgan fingerprint density at radius 1 is 1.00 bits per heavy atom. The van der Waals surface area contributed by atoms with Gasteiger partial charge in [0.25, 0.3) is 0 Å². The van der Waals surface area contributed by atoms with Crippen LogP contribution in [0.15, 0.2) is 0 Å². The van der Waals surface area contributed by atoms with Crippen LogP contribution < -0.4 is 10.6 Å². The van der Waals surface area contributed by atoms with Crippen molar-refractivity contribution < 1.29 is 22.0 Å². The summed E-state index contributed by atoms with van der Waals surface area (Å²) in [6, 6.07) is 0. The molecule has 0 bridgehead atoms. The molecule has 0 radical (unpaired) electrons. The minimum Gasteiger partial charge on any atom is -0.393 e. The smallest absolute Gasteiger partial charge is 0.200 e. The first-order chi connectivity index (χ1) is 9.66. The van der Waals surface area contributed by atoms with Crippen LogP contribution in [-0.4, -0.2) is 18.1 Å². The zero-order valence-electron chi connectivity index (χ0n) is 11.5. The molecule has 0 aromatic heterocycles. The summed E-state index contributed by atoms with van der Waals surface area (Å²) < 4.78 is 67.2. The minimum absolute atomic E-state index is 0.0358. The van der Waals surface area contributed by atoms with E-state index in [2.05, 4.69) is 12.2 Å². The van der Waals surface area contributed by atoms with Gasteiger partial charge in [-0.1, -0.05) is 26.1 Å². The van der Waals surface area contributed by atoms with Crippen LogP contribution in [0.25, 0.3) is 0 Å². The van der Waals surface area contributed by atoms with Crippen molar-refractivity contribution in [2.24, 2.45) is 11.7 Å². The number of nitrogens with zero attached hydrogens (tertiary/aromatic N) is 1. The Morgan fingerprint density at radius 3 is 1.81 bits per heavy atom. The van der Waals surface area contributed by atoms with Gasteiger partial charge in [0.05, 0.1) is 4.99 Å². The van der Waals surface area contributed by atoms with Crippen LogP contribution in [0, 0.1) is 35.0 Å². The molecule has 0 amide bonds. The Balaban J connectivity index is 3.32. The zero-order valence-corrected chi connectivity index (χ0v) is 12.3. The molecule has 2 N–H and O–H groups in total. The number of nitrogens with two attached hydrogens (primary N) is 1. The largest absolute Gasteiger partial charge is 0.393 e. The summed E-state index contributed by atoms with van der Waals surface area (Å²) in [5, 5.41) is 0. The molecular formula is C13H15F5N2S. The predicted octanol–water partition coefficient (Wildman–Crippen LogP) is 3.52. The van der Waals surface area contributed by atoms with E-state index in [0.717, 1.165) is 4.90 Å². The van der Waals surface area contributed by atoms with Gasteiger partial charge in [0.1, 0.15) is 5.69 Å². The topological polar surface area (TPSA) is 29.3 Å². The van der Waals surface area contributed by atoms with Gasteiger partial charge >= 0.3 is 0 Å². The lowest BCUT2D eigenvalue weighted by molar-refractivity contribution is 0.377. The molecule has 2 nitrogen and oxygen atoms in total. The summed E-state index contributed by atoms with van der Waals surface area (Å²) in [6.45, 7) is 3.56. The number of benzene rings is 1. The van der Waals surface area contributed by atoms with Gasteiger partial charge in [0.15, 0.2) is 23.3 Å². The monoisotopic (exact) mass is 326 g/mol. The summed E-state index contributed by atoms with van der Waals surface area (Å²) in [4.78, 5) is 1.16. The second-order valence-electron chi connectivity index (χ2n) is 4.97. The van der Waals surface area contributed by atoms with Crippen molar-refractivity contribution >= 4 is 22.9 Å².